The summed E-state index contributed by atoms with van der Waals surface area (Å²) in [5.74, 6) is 8.09. The molecule has 0 N–H and O–H groups in total. The Balaban J connectivity index is 1.82. The van der Waals surface area contributed by atoms with Gasteiger partial charge in [-0.05, 0) is 62.7 Å². The molecular formula is C19H24. The highest BCUT2D eigenvalue weighted by Crippen LogP contribution is 2.31. The summed E-state index contributed by atoms with van der Waals surface area (Å²) in [6.45, 7) is 4.41. The summed E-state index contributed by atoms with van der Waals surface area (Å²) in [7, 11) is 0. The molecule has 0 unspecified atom stereocenters. The van der Waals surface area contributed by atoms with Gasteiger partial charge in [0.15, 0.2) is 0 Å². The van der Waals surface area contributed by atoms with Gasteiger partial charge in [-0.3, -0.25) is 0 Å². The van der Waals surface area contributed by atoms with Crippen LogP contribution in [0, 0.1) is 30.6 Å². The Morgan fingerprint density at radius 1 is 1.11 bits per heavy atom. The van der Waals surface area contributed by atoms with Crippen LogP contribution in [0.15, 0.2) is 36.4 Å². The third kappa shape index (κ3) is 4.60. The molecule has 0 atom stereocenters. The van der Waals surface area contributed by atoms with Crippen molar-refractivity contribution in [2.45, 2.75) is 46.0 Å². The minimum absolute atomic E-state index is 0.759. The van der Waals surface area contributed by atoms with Gasteiger partial charge < -0.3 is 0 Å². The number of allylic oxidation sites excluding steroid dienone is 2. The molecule has 1 aromatic carbocycles. The molecule has 0 radical (unpaired) electrons. The number of rotatable bonds is 2. The van der Waals surface area contributed by atoms with Crippen LogP contribution in [0.2, 0.25) is 0 Å². The van der Waals surface area contributed by atoms with Gasteiger partial charge >= 0.3 is 0 Å². The molecular weight excluding hydrogens is 228 g/mol. The number of hydrogen-bond acceptors (Lipinski definition) is 0. The molecule has 1 aromatic rings. The third-order valence-corrected chi connectivity index (χ3v) is 4.19. The van der Waals surface area contributed by atoms with Gasteiger partial charge in [-0.2, -0.15) is 0 Å². The minimum Gasteiger partial charge on any atom is -0.0730 e. The molecule has 1 saturated carbocycles. The summed E-state index contributed by atoms with van der Waals surface area (Å²) in [5.41, 5.74) is 2.39. The quantitative estimate of drug-likeness (QED) is 0.641. The highest BCUT2D eigenvalue weighted by Gasteiger charge is 2.17. The van der Waals surface area contributed by atoms with Gasteiger partial charge in [0.05, 0.1) is 0 Å². The Kier molecular flexibility index (Phi) is 5.28. The second-order valence-electron chi connectivity index (χ2n) is 5.68. The van der Waals surface area contributed by atoms with E-state index >= 15 is 0 Å². The first kappa shape index (κ1) is 13.9. The minimum atomic E-state index is 0.759. The first-order valence-electron chi connectivity index (χ1n) is 7.53. The average molecular weight is 252 g/mol. The van der Waals surface area contributed by atoms with Gasteiger partial charge in [0.2, 0.25) is 0 Å². The second-order valence-corrected chi connectivity index (χ2v) is 5.68. The molecule has 0 heteroatoms. The van der Waals surface area contributed by atoms with Crippen molar-refractivity contribution in [3.8, 4) is 11.8 Å². The van der Waals surface area contributed by atoms with E-state index in [0.717, 1.165) is 17.4 Å². The van der Waals surface area contributed by atoms with Crippen LogP contribution in [0.25, 0.3) is 0 Å². The smallest absolute Gasteiger partial charge is 0.0248 e. The number of hydrogen-bond donors (Lipinski definition) is 0. The Morgan fingerprint density at radius 2 is 1.79 bits per heavy atom. The van der Waals surface area contributed by atoms with Crippen LogP contribution in [0.1, 0.15) is 50.2 Å². The molecule has 0 nitrogen and oxygen atoms in total. The molecule has 1 aliphatic carbocycles. The van der Waals surface area contributed by atoms with Crippen molar-refractivity contribution in [2.75, 3.05) is 0 Å². The average Bonchev–Trinajstić information content (AvgIpc) is 2.46. The van der Waals surface area contributed by atoms with Crippen LogP contribution in [-0.4, -0.2) is 0 Å². The van der Waals surface area contributed by atoms with E-state index in [-0.39, 0.29) is 0 Å². The SMILES string of the molecule is CCC1CCC(/C=C/C#Cc2ccc(C)cc2)CC1. The Bertz CT molecular complexity index is 459. The van der Waals surface area contributed by atoms with E-state index in [0.29, 0.717) is 0 Å². The lowest BCUT2D eigenvalue weighted by Gasteiger charge is -2.25. The summed E-state index contributed by atoms with van der Waals surface area (Å²) >= 11 is 0. The first-order valence-corrected chi connectivity index (χ1v) is 7.53. The van der Waals surface area contributed by atoms with E-state index in [1.807, 2.05) is 0 Å². The molecule has 0 amide bonds. The number of benzene rings is 1. The molecule has 0 saturated heterocycles. The largest absolute Gasteiger partial charge is 0.0730 e. The Morgan fingerprint density at radius 3 is 2.42 bits per heavy atom. The lowest BCUT2D eigenvalue weighted by atomic mass is 9.81. The normalized spacial score (nSPS) is 23.1. The second kappa shape index (κ2) is 7.19. The summed E-state index contributed by atoms with van der Waals surface area (Å²) in [6.07, 6.45) is 11.2. The topological polar surface area (TPSA) is 0 Å². The van der Waals surface area contributed by atoms with Gasteiger partial charge in [-0.1, -0.05) is 49.0 Å². The Hall–Kier alpha value is -1.48. The Labute approximate surface area is 117 Å². The van der Waals surface area contributed by atoms with Crippen molar-refractivity contribution in [3.05, 3.63) is 47.5 Å². The highest BCUT2D eigenvalue weighted by atomic mass is 14.2. The van der Waals surface area contributed by atoms with E-state index in [1.165, 1.54) is 37.7 Å². The van der Waals surface area contributed by atoms with Gasteiger partial charge in [-0.25, -0.2) is 0 Å². The fraction of sp³-hybridized carbons (Fsp3) is 0.474. The summed E-state index contributed by atoms with van der Waals surface area (Å²) < 4.78 is 0. The van der Waals surface area contributed by atoms with Gasteiger partial charge in [-0.15, -0.1) is 0 Å². The zero-order valence-corrected chi connectivity index (χ0v) is 12.2. The molecule has 0 aliphatic heterocycles. The van der Waals surface area contributed by atoms with Crippen LogP contribution >= 0.6 is 0 Å². The van der Waals surface area contributed by atoms with Gasteiger partial charge in [0.25, 0.3) is 0 Å². The van der Waals surface area contributed by atoms with E-state index in [4.69, 9.17) is 0 Å². The van der Waals surface area contributed by atoms with Crippen LogP contribution < -0.4 is 0 Å². The maximum atomic E-state index is 3.19. The van der Waals surface area contributed by atoms with Crippen molar-refractivity contribution < 1.29 is 0 Å². The molecule has 0 bridgehead atoms. The van der Waals surface area contributed by atoms with Crippen molar-refractivity contribution in [1.29, 1.82) is 0 Å². The highest BCUT2D eigenvalue weighted by molar-refractivity contribution is 5.38. The van der Waals surface area contributed by atoms with Crippen LogP contribution in [0.3, 0.4) is 0 Å². The molecule has 0 aromatic heterocycles. The number of aryl methyl sites for hydroxylation is 1. The van der Waals surface area contributed by atoms with Crippen molar-refractivity contribution in [2.24, 2.45) is 11.8 Å². The molecule has 2 rings (SSSR count). The predicted octanol–water partition coefficient (Wildman–Crippen LogP) is 5.12. The summed E-state index contributed by atoms with van der Waals surface area (Å²) in [6, 6.07) is 8.39. The van der Waals surface area contributed by atoms with E-state index in [2.05, 4.69) is 62.1 Å². The van der Waals surface area contributed by atoms with Crippen molar-refractivity contribution in [3.63, 3.8) is 0 Å². The molecule has 19 heavy (non-hydrogen) atoms. The molecule has 1 fully saturated rings. The zero-order valence-electron chi connectivity index (χ0n) is 12.2. The maximum absolute atomic E-state index is 3.19. The third-order valence-electron chi connectivity index (χ3n) is 4.19. The molecule has 0 spiro atoms. The van der Waals surface area contributed by atoms with Crippen LogP contribution in [0.5, 0.6) is 0 Å². The van der Waals surface area contributed by atoms with E-state index < -0.39 is 0 Å². The lowest BCUT2D eigenvalue weighted by Crippen LogP contribution is -2.11. The molecule has 100 valence electrons. The van der Waals surface area contributed by atoms with E-state index in [1.54, 1.807) is 0 Å². The van der Waals surface area contributed by atoms with Crippen molar-refractivity contribution in [1.82, 2.24) is 0 Å². The van der Waals surface area contributed by atoms with Gasteiger partial charge in [0, 0.05) is 5.56 Å². The van der Waals surface area contributed by atoms with Crippen molar-refractivity contribution >= 4 is 0 Å². The maximum Gasteiger partial charge on any atom is 0.0248 e. The lowest BCUT2D eigenvalue weighted by molar-refractivity contribution is 0.304. The zero-order chi connectivity index (χ0) is 13.5. The molecule has 1 aliphatic rings. The monoisotopic (exact) mass is 252 g/mol. The molecule has 0 heterocycles. The standard InChI is InChI=1S/C19H24/c1-3-17-12-14-19(15-13-17)7-5-4-6-18-10-8-16(2)9-11-18/h5,7-11,17,19H,3,12-15H2,1-2H3/b7-5+. The van der Waals surface area contributed by atoms with E-state index in [9.17, 15) is 0 Å². The fourth-order valence-corrected chi connectivity index (χ4v) is 2.74. The fourth-order valence-electron chi connectivity index (χ4n) is 2.74. The predicted molar refractivity (Wildman–Crippen MR) is 82.9 cm³/mol. The summed E-state index contributed by atoms with van der Waals surface area (Å²) in [5, 5.41) is 0. The summed E-state index contributed by atoms with van der Waals surface area (Å²) in [4.78, 5) is 0. The van der Waals surface area contributed by atoms with Crippen LogP contribution in [-0.2, 0) is 0 Å². The van der Waals surface area contributed by atoms with Crippen LogP contribution in [0.4, 0.5) is 0 Å². The first-order chi connectivity index (χ1) is 9.28. The van der Waals surface area contributed by atoms with Gasteiger partial charge in [0.1, 0.15) is 0 Å².